The highest BCUT2D eigenvalue weighted by Gasteiger charge is 2.09. The molecule has 0 spiro atoms. The molecule has 0 fully saturated rings. The summed E-state index contributed by atoms with van der Waals surface area (Å²) in [5, 5.41) is 8.74. The molecule has 0 aliphatic rings. The van der Waals surface area contributed by atoms with E-state index in [0.29, 0.717) is 22.6 Å². The maximum Gasteiger partial charge on any atom is 0.189 e. The van der Waals surface area contributed by atoms with E-state index >= 15 is 0 Å². The van der Waals surface area contributed by atoms with Crippen molar-refractivity contribution in [3.05, 3.63) is 28.3 Å². The van der Waals surface area contributed by atoms with Crippen LogP contribution in [0.4, 0.5) is 4.39 Å². The molecule has 0 aromatic carbocycles. The topological polar surface area (TPSA) is 33.1 Å². The number of pyridine rings is 1. The lowest BCUT2D eigenvalue weighted by molar-refractivity contribution is 0.462. The van der Waals surface area contributed by atoms with Crippen molar-refractivity contribution in [2.75, 3.05) is 0 Å². The number of rotatable bonds is 2. The first-order chi connectivity index (χ1) is 6.56. The number of hydrogen-bond acceptors (Lipinski definition) is 3. The van der Waals surface area contributed by atoms with Crippen molar-refractivity contribution in [2.24, 2.45) is 0 Å². The lowest BCUT2D eigenvalue weighted by atomic mass is 10.1. The zero-order valence-corrected chi connectivity index (χ0v) is 10.3. The Labute approximate surface area is 104 Å². The van der Waals surface area contributed by atoms with E-state index in [9.17, 15) is 9.50 Å². The Morgan fingerprint density at radius 3 is 2.80 bits per heavy atom. The van der Waals surface area contributed by atoms with Gasteiger partial charge in [-0.25, -0.2) is 0 Å². The van der Waals surface area contributed by atoms with Crippen molar-refractivity contribution >= 4 is 42.7 Å². The third kappa shape index (κ3) is 3.55. The van der Waals surface area contributed by atoms with Crippen LogP contribution in [-0.4, -0.2) is 10.1 Å². The van der Waals surface area contributed by atoms with Crippen LogP contribution in [0.15, 0.2) is 11.5 Å². The van der Waals surface area contributed by atoms with Gasteiger partial charge in [-0.05, 0) is 13.0 Å². The molecule has 6 heteroatoms. The van der Waals surface area contributed by atoms with Crippen LogP contribution in [0.3, 0.4) is 0 Å². The fourth-order valence-corrected chi connectivity index (χ4v) is 1.52. The molecule has 2 nitrogen and oxygen atoms in total. The predicted molar refractivity (Wildman–Crippen MR) is 65.5 cm³/mol. The molecule has 15 heavy (non-hydrogen) atoms. The first-order valence-electron chi connectivity index (χ1n) is 3.87. The molecule has 0 bridgehead atoms. The van der Waals surface area contributed by atoms with Crippen LogP contribution in [0.1, 0.15) is 16.8 Å². The molecule has 0 saturated heterocycles. The smallest absolute Gasteiger partial charge is 0.189 e. The highest BCUT2D eigenvalue weighted by molar-refractivity contribution is 7.79. The van der Waals surface area contributed by atoms with Crippen molar-refractivity contribution in [1.82, 2.24) is 4.98 Å². The van der Waals surface area contributed by atoms with E-state index in [-0.39, 0.29) is 18.2 Å². The van der Waals surface area contributed by atoms with Gasteiger partial charge >= 0.3 is 0 Å². The largest absolute Gasteiger partial charge is 0.506 e. The molecular formula is C9H10Cl2FNOS. The van der Waals surface area contributed by atoms with Gasteiger partial charge in [-0.2, -0.15) is 17.0 Å². The minimum atomic E-state index is -0.849. The van der Waals surface area contributed by atoms with Crippen LogP contribution in [0.5, 0.6) is 5.75 Å². The molecule has 84 valence electrons. The van der Waals surface area contributed by atoms with Crippen LogP contribution in [0.25, 0.3) is 6.08 Å². The van der Waals surface area contributed by atoms with Gasteiger partial charge in [-0.3, -0.25) is 4.98 Å². The number of thiol groups is 1. The normalized spacial score (nSPS) is 11.1. The summed E-state index contributed by atoms with van der Waals surface area (Å²) in [7, 11) is 0. The van der Waals surface area contributed by atoms with Crippen LogP contribution in [-0.2, 0) is 5.75 Å². The number of hydrogen-bond donors (Lipinski definition) is 2. The van der Waals surface area contributed by atoms with Crippen molar-refractivity contribution in [1.29, 1.82) is 0 Å². The zero-order valence-electron chi connectivity index (χ0n) is 7.87. The van der Waals surface area contributed by atoms with Gasteiger partial charge in [0.25, 0.3) is 0 Å². The maximum atomic E-state index is 12.4. The van der Waals surface area contributed by atoms with Gasteiger partial charge in [0, 0.05) is 23.1 Å². The zero-order chi connectivity index (χ0) is 10.7. The van der Waals surface area contributed by atoms with Crippen LogP contribution < -0.4 is 0 Å². The fraction of sp³-hybridized carbons (Fsp3) is 0.222. The summed E-state index contributed by atoms with van der Waals surface area (Å²) in [4.78, 5) is 3.89. The Kier molecular flexibility index (Phi) is 6.02. The van der Waals surface area contributed by atoms with Crippen molar-refractivity contribution in [3.8, 4) is 5.75 Å². The van der Waals surface area contributed by atoms with E-state index in [0.717, 1.165) is 6.08 Å². The highest BCUT2D eigenvalue weighted by atomic mass is 35.5. The molecule has 0 saturated carbocycles. The van der Waals surface area contributed by atoms with E-state index in [2.05, 4.69) is 17.6 Å². The molecule has 0 aliphatic carbocycles. The minimum absolute atomic E-state index is 0. The predicted octanol–water partition coefficient (Wildman–Crippen LogP) is 3.45. The molecule has 1 heterocycles. The summed E-state index contributed by atoms with van der Waals surface area (Å²) in [5.74, 6) is 0.331. The Morgan fingerprint density at radius 2 is 2.33 bits per heavy atom. The average Bonchev–Trinajstić information content (AvgIpc) is 2.11. The summed E-state index contributed by atoms with van der Waals surface area (Å²) in [6.45, 7) is 1.66. The van der Waals surface area contributed by atoms with Crippen molar-refractivity contribution in [2.45, 2.75) is 12.7 Å². The second kappa shape index (κ2) is 6.20. The summed E-state index contributed by atoms with van der Waals surface area (Å²) >= 11 is 9.13. The van der Waals surface area contributed by atoms with Gasteiger partial charge in [-0.1, -0.05) is 11.6 Å². The Balaban J connectivity index is 0.00000196. The Morgan fingerprint density at radius 1 is 1.73 bits per heavy atom. The molecular weight excluding hydrogens is 260 g/mol. The standard InChI is InChI=1S/C9H9ClFNOS.ClH/c1-5-9(13)7(4-14)6(3-12-5)2-8(10)11;/h2-3,13-14H,4H2,1H3;1H/b8-2-;. The van der Waals surface area contributed by atoms with Gasteiger partial charge in [0.1, 0.15) is 5.75 Å². The van der Waals surface area contributed by atoms with E-state index in [4.69, 9.17) is 11.6 Å². The molecule has 1 rings (SSSR count). The van der Waals surface area contributed by atoms with Crippen LogP contribution >= 0.6 is 36.6 Å². The molecule has 1 aromatic rings. The highest BCUT2D eigenvalue weighted by Crippen LogP contribution is 2.27. The third-order valence-electron chi connectivity index (χ3n) is 1.80. The minimum Gasteiger partial charge on any atom is -0.506 e. The second-order valence-electron chi connectivity index (χ2n) is 2.72. The number of halogens is 3. The summed E-state index contributed by atoms with van der Waals surface area (Å²) in [5.41, 5.74) is 1.45. The fourth-order valence-electron chi connectivity index (χ4n) is 1.07. The third-order valence-corrected chi connectivity index (χ3v) is 2.22. The van der Waals surface area contributed by atoms with Crippen LogP contribution in [0, 0.1) is 6.92 Å². The van der Waals surface area contributed by atoms with Crippen LogP contribution in [0.2, 0.25) is 0 Å². The Bertz CT molecular complexity index is 381. The van der Waals surface area contributed by atoms with E-state index in [1.54, 1.807) is 6.92 Å². The summed E-state index contributed by atoms with van der Waals surface area (Å²) in [6.07, 6.45) is 2.54. The molecule has 0 atom stereocenters. The molecule has 0 amide bonds. The summed E-state index contributed by atoms with van der Waals surface area (Å²) < 4.78 is 12.4. The van der Waals surface area contributed by atoms with E-state index in [1.807, 2.05) is 0 Å². The van der Waals surface area contributed by atoms with Gasteiger partial charge in [0.05, 0.1) is 5.69 Å². The van der Waals surface area contributed by atoms with Gasteiger partial charge in [0.2, 0.25) is 0 Å². The van der Waals surface area contributed by atoms with E-state index < -0.39 is 5.29 Å². The lowest BCUT2D eigenvalue weighted by Crippen LogP contribution is -1.92. The van der Waals surface area contributed by atoms with Crippen molar-refractivity contribution in [3.63, 3.8) is 0 Å². The van der Waals surface area contributed by atoms with Gasteiger partial charge < -0.3 is 5.11 Å². The number of nitrogens with zero attached hydrogens (tertiary/aromatic N) is 1. The summed E-state index contributed by atoms with van der Waals surface area (Å²) in [6, 6.07) is 0. The lowest BCUT2D eigenvalue weighted by Gasteiger charge is -2.07. The van der Waals surface area contributed by atoms with Gasteiger partial charge in [0.15, 0.2) is 5.29 Å². The SMILES string of the molecule is Cc1ncc(/C=C(\F)Cl)c(CS)c1O.Cl. The van der Waals surface area contributed by atoms with Gasteiger partial charge in [-0.15, -0.1) is 12.4 Å². The maximum absolute atomic E-state index is 12.4. The number of aryl methyl sites for hydroxylation is 1. The average molecular weight is 270 g/mol. The second-order valence-corrected chi connectivity index (χ2v) is 3.40. The monoisotopic (exact) mass is 269 g/mol. The van der Waals surface area contributed by atoms with E-state index in [1.165, 1.54) is 6.20 Å². The molecule has 0 aliphatic heterocycles. The van der Waals surface area contributed by atoms with Crippen molar-refractivity contribution < 1.29 is 9.50 Å². The quantitative estimate of drug-likeness (QED) is 0.807. The Hall–Kier alpha value is -0.450. The molecule has 1 aromatic heterocycles. The molecule has 1 N–H and O–H groups in total. The number of aromatic nitrogens is 1. The number of aromatic hydroxyl groups is 1. The molecule has 0 unspecified atom stereocenters. The first-order valence-corrected chi connectivity index (χ1v) is 4.88. The first kappa shape index (κ1) is 14.5. The molecule has 0 radical (unpaired) electrons.